The van der Waals surface area contributed by atoms with E-state index in [1.807, 2.05) is 36.4 Å². The van der Waals surface area contributed by atoms with E-state index in [2.05, 4.69) is 5.32 Å². The number of hydrogen-bond acceptors (Lipinski definition) is 4. The van der Waals surface area contributed by atoms with Gasteiger partial charge in [-0.2, -0.15) is 0 Å². The number of hydrogen-bond donors (Lipinski definition) is 2. The number of carbonyl (C=O) groups excluding carboxylic acids is 1. The van der Waals surface area contributed by atoms with Gasteiger partial charge in [0.2, 0.25) is 0 Å². The van der Waals surface area contributed by atoms with E-state index in [4.69, 9.17) is 15.2 Å². The molecule has 2 rings (SSSR count). The quantitative estimate of drug-likeness (QED) is 0.818. The maximum atomic E-state index is 11.8. The zero-order chi connectivity index (χ0) is 15.8. The predicted octanol–water partition coefficient (Wildman–Crippen LogP) is 1.85. The second kappa shape index (κ2) is 8.05. The number of ether oxygens (including phenoxy) is 2. The fraction of sp³-hybridized carbons (Fsp3) is 0.235. The molecule has 0 saturated carbocycles. The third-order valence-electron chi connectivity index (χ3n) is 3.18. The van der Waals surface area contributed by atoms with E-state index < -0.39 is 0 Å². The Hall–Kier alpha value is -2.53. The lowest BCUT2D eigenvalue weighted by Gasteiger charge is -2.08. The molecule has 116 valence electrons. The van der Waals surface area contributed by atoms with Crippen LogP contribution in [0.1, 0.15) is 11.1 Å². The molecule has 0 bridgehead atoms. The van der Waals surface area contributed by atoms with E-state index in [-0.39, 0.29) is 12.5 Å². The molecule has 0 unspecified atom stereocenters. The molecule has 0 saturated heterocycles. The smallest absolute Gasteiger partial charge is 0.258 e. The Morgan fingerprint density at radius 3 is 2.18 bits per heavy atom. The lowest BCUT2D eigenvalue weighted by atomic mass is 10.2. The van der Waals surface area contributed by atoms with Crippen LogP contribution in [0.25, 0.3) is 0 Å². The molecule has 0 spiro atoms. The van der Waals surface area contributed by atoms with Gasteiger partial charge in [-0.15, -0.1) is 0 Å². The zero-order valence-corrected chi connectivity index (χ0v) is 12.5. The van der Waals surface area contributed by atoms with Crippen LogP contribution < -0.4 is 20.5 Å². The third-order valence-corrected chi connectivity index (χ3v) is 3.18. The number of nitrogens with two attached hydrogens (primary N) is 1. The number of benzene rings is 2. The Bertz CT molecular complexity index is 541. The van der Waals surface area contributed by atoms with Crippen molar-refractivity contribution in [3.8, 4) is 11.5 Å². The van der Waals surface area contributed by atoms with Crippen molar-refractivity contribution < 1.29 is 14.3 Å². The van der Waals surface area contributed by atoms with Gasteiger partial charge < -0.3 is 20.5 Å². The zero-order valence-electron chi connectivity index (χ0n) is 12.5. The Labute approximate surface area is 130 Å². The summed E-state index contributed by atoms with van der Waals surface area (Å²) in [5, 5.41) is 2.80. The van der Waals surface area contributed by atoms with Crippen LogP contribution in [0.15, 0.2) is 48.5 Å². The van der Waals surface area contributed by atoms with E-state index in [9.17, 15) is 4.79 Å². The molecule has 0 aromatic heterocycles. The Kier molecular flexibility index (Phi) is 5.80. The fourth-order valence-corrected chi connectivity index (χ4v) is 1.87. The molecule has 5 heteroatoms. The molecule has 2 aromatic carbocycles. The van der Waals surface area contributed by atoms with Crippen LogP contribution >= 0.6 is 0 Å². The number of amides is 1. The van der Waals surface area contributed by atoms with Crippen molar-refractivity contribution in [2.24, 2.45) is 5.73 Å². The molecule has 0 aliphatic heterocycles. The number of rotatable bonds is 7. The Morgan fingerprint density at radius 1 is 1.00 bits per heavy atom. The highest BCUT2D eigenvalue weighted by atomic mass is 16.5. The molecule has 0 aliphatic carbocycles. The van der Waals surface area contributed by atoms with Crippen LogP contribution in [0.3, 0.4) is 0 Å². The van der Waals surface area contributed by atoms with Crippen LogP contribution in [0.4, 0.5) is 0 Å². The maximum absolute atomic E-state index is 11.8. The lowest BCUT2D eigenvalue weighted by molar-refractivity contribution is -0.123. The van der Waals surface area contributed by atoms with E-state index in [0.717, 1.165) is 16.9 Å². The minimum Gasteiger partial charge on any atom is -0.497 e. The van der Waals surface area contributed by atoms with Gasteiger partial charge >= 0.3 is 0 Å². The van der Waals surface area contributed by atoms with Crippen LogP contribution in [-0.4, -0.2) is 19.6 Å². The largest absolute Gasteiger partial charge is 0.497 e. The molecule has 0 heterocycles. The third kappa shape index (κ3) is 4.79. The average Bonchev–Trinajstić information content (AvgIpc) is 2.59. The summed E-state index contributed by atoms with van der Waals surface area (Å²) >= 11 is 0. The Morgan fingerprint density at radius 2 is 1.59 bits per heavy atom. The van der Waals surface area contributed by atoms with Crippen molar-refractivity contribution in [1.82, 2.24) is 5.32 Å². The summed E-state index contributed by atoms with van der Waals surface area (Å²) in [7, 11) is 1.62. The molecular formula is C17H20N2O3. The van der Waals surface area contributed by atoms with E-state index >= 15 is 0 Å². The minimum atomic E-state index is -0.168. The van der Waals surface area contributed by atoms with Gasteiger partial charge in [-0.05, 0) is 35.4 Å². The first-order chi connectivity index (χ1) is 10.7. The molecule has 3 N–H and O–H groups in total. The number of methoxy groups -OCH3 is 1. The lowest BCUT2D eigenvalue weighted by Crippen LogP contribution is -2.28. The van der Waals surface area contributed by atoms with Crippen LogP contribution in [0, 0.1) is 0 Å². The van der Waals surface area contributed by atoms with Gasteiger partial charge in [0.15, 0.2) is 6.61 Å². The summed E-state index contributed by atoms with van der Waals surface area (Å²) in [6.07, 6.45) is 0. The van der Waals surface area contributed by atoms with Crippen molar-refractivity contribution in [2.45, 2.75) is 13.1 Å². The highest BCUT2D eigenvalue weighted by Gasteiger charge is 2.03. The molecule has 0 aliphatic rings. The van der Waals surface area contributed by atoms with Gasteiger partial charge in [0, 0.05) is 13.1 Å². The molecule has 5 nitrogen and oxygen atoms in total. The van der Waals surface area contributed by atoms with Crippen molar-refractivity contribution in [3.63, 3.8) is 0 Å². The van der Waals surface area contributed by atoms with Gasteiger partial charge in [-0.1, -0.05) is 24.3 Å². The molecule has 0 atom stereocenters. The van der Waals surface area contributed by atoms with Gasteiger partial charge in [-0.25, -0.2) is 0 Å². The summed E-state index contributed by atoms with van der Waals surface area (Å²) in [6.45, 7) is 0.930. The molecule has 0 radical (unpaired) electrons. The average molecular weight is 300 g/mol. The monoisotopic (exact) mass is 300 g/mol. The second-order valence-electron chi connectivity index (χ2n) is 4.76. The summed E-state index contributed by atoms with van der Waals surface area (Å²) in [6, 6.07) is 14.9. The van der Waals surface area contributed by atoms with Crippen molar-refractivity contribution in [3.05, 3.63) is 59.7 Å². The van der Waals surface area contributed by atoms with Crippen molar-refractivity contribution >= 4 is 5.91 Å². The summed E-state index contributed by atoms with van der Waals surface area (Å²) in [5.74, 6) is 1.27. The molecule has 0 fully saturated rings. The molecule has 22 heavy (non-hydrogen) atoms. The molecule has 2 aromatic rings. The summed E-state index contributed by atoms with van der Waals surface area (Å²) in [4.78, 5) is 11.8. The van der Waals surface area contributed by atoms with E-state index in [0.29, 0.717) is 18.8 Å². The van der Waals surface area contributed by atoms with Crippen LogP contribution in [-0.2, 0) is 17.9 Å². The minimum absolute atomic E-state index is 0.0157. The number of carbonyl (C=O) groups is 1. The van der Waals surface area contributed by atoms with Crippen molar-refractivity contribution in [1.29, 1.82) is 0 Å². The molecule has 1 amide bonds. The summed E-state index contributed by atoms with van der Waals surface area (Å²) < 4.78 is 10.5. The standard InChI is InChI=1S/C17H20N2O3/c1-21-15-6-4-14(5-7-15)11-19-17(20)12-22-16-8-2-13(10-18)3-9-16/h2-9H,10-12,18H2,1H3,(H,19,20). The van der Waals surface area contributed by atoms with E-state index in [1.165, 1.54) is 0 Å². The normalized spacial score (nSPS) is 10.1. The van der Waals surface area contributed by atoms with Crippen LogP contribution in [0.2, 0.25) is 0 Å². The molecular weight excluding hydrogens is 280 g/mol. The van der Waals surface area contributed by atoms with Gasteiger partial charge in [0.1, 0.15) is 11.5 Å². The number of nitrogens with one attached hydrogen (secondary N) is 1. The van der Waals surface area contributed by atoms with Crippen LogP contribution in [0.5, 0.6) is 11.5 Å². The SMILES string of the molecule is COc1ccc(CNC(=O)COc2ccc(CN)cc2)cc1. The first-order valence-electron chi connectivity index (χ1n) is 7.02. The maximum Gasteiger partial charge on any atom is 0.258 e. The first kappa shape index (κ1) is 15.9. The second-order valence-corrected chi connectivity index (χ2v) is 4.76. The first-order valence-corrected chi connectivity index (χ1v) is 7.02. The predicted molar refractivity (Wildman–Crippen MR) is 84.7 cm³/mol. The van der Waals surface area contributed by atoms with Gasteiger partial charge in [0.05, 0.1) is 7.11 Å². The summed E-state index contributed by atoms with van der Waals surface area (Å²) in [5.41, 5.74) is 7.55. The highest BCUT2D eigenvalue weighted by molar-refractivity contribution is 5.77. The van der Waals surface area contributed by atoms with Crippen molar-refractivity contribution in [2.75, 3.05) is 13.7 Å². The Balaban J connectivity index is 1.74. The van der Waals surface area contributed by atoms with Gasteiger partial charge in [0.25, 0.3) is 5.91 Å². The fourth-order valence-electron chi connectivity index (χ4n) is 1.87. The van der Waals surface area contributed by atoms with E-state index in [1.54, 1.807) is 19.2 Å². The topological polar surface area (TPSA) is 73.6 Å². The highest BCUT2D eigenvalue weighted by Crippen LogP contribution is 2.12. The van der Waals surface area contributed by atoms with Gasteiger partial charge in [-0.3, -0.25) is 4.79 Å².